The van der Waals surface area contributed by atoms with Gasteiger partial charge in [0.15, 0.2) is 6.61 Å². The van der Waals surface area contributed by atoms with Crippen molar-refractivity contribution in [1.82, 2.24) is 20.6 Å². The first-order valence-corrected chi connectivity index (χ1v) is 4.75. The Balaban J connectivity index is 1.98. The van der Waals surface area contributed by atoms with Gasteiger partial charge in [-0.05, 0) is 12.1 Å². The van der Waals surface area contributed by atoms with Crippen molar-refractivity contribution in [1.29, 1.82) is 0 Å². The summed E-state index contributed by atoms with van der Waals surface area (Å²) in [7, 11) is 0. The molecule has 0 radical (unpaired) electrons. The third-order valence-electron chi connectivity index (χ3n) is 1.86. The summed E-state index contributed by atoms with van der Waals surface area (Å²) in [6.07, 6.45) is 0. The Morgan fingerprint density at radius 2 is 2.41 bits per heavy atom. The number of hydrogen-bond donors (Lipinski definition) is 3. The molecule has 0 fully saturated rings. The van der Waals surface area contributed by atoms with E-state index in [9.17, 15) is 4.79 Å². The molecule has 17 heavy (non-hydrogen) atoms. The average Bonchev–Trinajstić information content (AvgIpc) is 2.79. The summed E-state index contributed by atoms with van der Waals surface area (Å²) in [5.41, 5.74) is 5.56. The summed E-state index contributed by atoms with van der Waals surface area (Å²) in [6.45, 7) is 0.191. The van der Waals surface area contributed by atoms with E-state index in [1.165, 1.54) is 0 Å². The lowest BCUT2D eigenvalue weighted by Crippen LogP contribution is -2.19. The van der Waals surface area contributed by atoms with Gasteiger partial charge in [-0.25, -0.2) is 4.79 Å². The van der Waals surface area contributed by atoms with E-state index in [-0.39, 0.29) is 6.61 Å². The van der Waals surface area contributed by atoms with Gasteiger partial charge in [0.2, 0.25) is 5.82 Å². The van der Waals surface area contributed by atoms with Crippen LogP contribution in [0.4, 0.5) is 10.5 Å². The zero-order valence-electron chi connectivity index (χ0n) is 8.75. The minimum absolute atomic E-state index is 0.191. The number of hydrogen-bond acceptors (Lipinski definition) is 5. The highest BCUT2D eigenvalue weighted by Crippen LogP contribution is 2.17. The third-order valence-corrected chi connectivity index (χ3v) is 1.86. The number of anilines is 1. The number of rotatable bonds is 4. The van der Waals surface area contributed by atoms with E-state index in [2.05, 4.69) is 25.9 Å². The predicted octanol–water partition coefficient (Wildman–Crippen LogP) is 0.269. The summed E-state index contributed by atoms with van der Waals surface area (Å²) < 4.78 is 5.40. The van der Waals surface area contributed by atoms with Crippen LogP contribution in [0.1, 0.15) is 5.82 Å². The highest BCUT2D eigenvalue weighted by atomic mass is 16.5. The van der Waals surface area contributed by atoms with Crippen molar-refractivity contribution in [2.75, 3.05) is 5.32 Å². The highest BCUT2D eigenvalue weighted by molar-refractivity contribution is 5.87. The smallest absolute Gasteiger partial charge is 0.316 e. The van der Waals surface area contributed by atoms with Gasteiger partial charge in [0.1, 0.15) is 5.75 Å². The van der Waals surface area contributed by atoms with Crippen LogP contribution in [-0.4, -0.2) is 26.7 Å². The summed E-state index contributed by atoms with van der Waals surface area (Å²) in [4.78, 5) is 10.7. The van der Waals surface area contributed by atoms with Crippen LogP contribution in [0.5, 0.6) is 5.75 Å². The van der Waals surface area contributed by atoms with Crippen LogP contribution in [-0.2, 0) is 6.61 Å². The average molecular weight is 234 g/mol. The molecular weight excluding hydrogens is 224 g/mol. The van der Waals surface area contributed by atoms with Crippen molar-refractivity contribution in [3.63, 3.8) is 0 Å². The second-order valence-corrected chi connectivity index (χ2v) is 3.13. The largest absolute Gasteiger partial charge is 0.485 e. The Bertz CT molecular complexity index is 498. The number of carbonyl (C=O) groups is 1. The lowest BCUT2D eigenvalue weighted by atomic mass is 10.3. The molecule has 0 aliphatic carbocycles. The predicted molar refractivity (Wildman–Crippen MR) is 58.2 cm³/mol. The molecule has 1 aromatic carbocycles. The van der Waals surface area contributed by atoms with Gasteiger partial charge in [-0.1, -0.05) is 11.3 Å². The number of tetrazole rings is 1. The summed E-state index contributed by atoms with van der Waals surface area (Å²) >= 11 is 0. The lowest BCUT2D eigenvalue weighted by molar-refractivity contribution is 0.259. The molecule has 8 nitrogen and oxygen atoms in total. The monoisotopic (exact) mass is 234 g/mol. The van der Waals surface area contributed by atoms with Crippen molar-refractivity contribution >= 4 is 11.7 Å². The second kappa shape index (κ2) is 4.92. The van der Waals surface area contributed by atoms with Gasteiger partial charge in [0.25, 0.3) is 0 Å². The minimum atomic E-state index is -0.625. The number of amides is 2. The first-order chi connectivity index (χ1) is 8.24. The fourth-order valence-electron chi connectivity index (χ4n) is 1.20. The van der Waals surface area contributed by atoms with Gasteiger partial charge in [-0.3, -0.25) is 0 Å². The van der Waals surface area contributed by atoms with Gasteiger partial charge in [0, 0.05) is 11.8 Å². The molecule has 1 heterocycles. The standard InChI is InChI=1S/C9H10N6O2/c10-9(16)11-6-2-1-3-7(4-6)17-5-8-12-14-15-13-8/h1-4H,5H2,(H3,10,11,16)(H,12,13,14,15). The topological polar surface area (TPSA) is 119 Å². The zero-order chi connectivity index (χ0) is 12.1. The maximum Gasteiger partial charge on any atom is 0.316 e. The number of nitrogens with two attached hydrogens (primary N) is 1. The molecule has 0 saturated carbocycles. The highest BCUT2D eigenvalue weighted by Gasteiger charge is 2.01. The van der Waals surface area contributed by atoms with E-state index in [0.717, 1.165) is 0 Å². The molecule has 88 valence electrons. The Morgan fingerprint density at radius 3 is 3.12 bits per heavy atom. The number of aromatic nitrogens is 4. The number of ether oxygens (including phenoxy) is 1. The van der Waals surface area contributed by atoms with Crippen molar-refractivity contribution < 1.29 is 9.53 Å². The number of H-pyrrole nitrogens is 1. The van der Waals surface area contributed by atoms with Gasteiger partial charge in [-0.15, -0.1) is 10.2 Å². The first-order valence-electron chi connectivity index (χ1n) is 4.75. The molecule has 8 heteroatoms. The maximum atomic E-state index is 10.7. The Labute approximate surface area is 96.2 Å². The van der Waals surface area contributed by atoms with Crippen LogP contribution < -0.4 is 15.8 Å². The number of carbonyl (C=O) groups excluding carboxylic acids is 1. The van der Waals surface area contributed by atoms with Gasteiger partial charge in [-0.2, -0.15) is 5.21 Å². The molecule has 0 bridgehead atoms. The molecule has 0 saturated heterocycles. The normalized spacial score (nSPS) is 9.88. The van der Waals surface area contributed by atoms with Crippen LogP contribution in [0, 0.1) is 0 Å². The zero-order valence-corrected chi connectivity index (χ0v) is 8.75. The van der Waals surface area contributed by atoms with Gasteiger partial charge in [0.05, 0.1) is 0 Å². The number of nitrogens with one attached hydrogen (secondary N) is 2. The van der Waals surface area contributed by atoms with Gasteiger partial charge < -0.3 is 15.8 Å². The quantitative estimate of drug-likeness (QED) is 0.701. The van der Waals surface area contributed by atoms with Crippen molar-refractivity contribution in [3.8, 4) is 5.75 Å². The van der Waals surface area contributed by atoms with Crippen LogP contribution >= 0.6 is 0 Å². The molecule has 0 unspecified atom stereocenters. The van der Waals surface area contributed by atoms with E-state index < -0.39 is 6.03 Å². The molecule has 0 aliphatic rings. The molecule has 0 aliphatic heterocycles. The lowest BCUT2D eigenvalue weighted by Gasteiger charge is -2.06. The van der Waals surface area contributed by atoms with E-state index in [0.29, 0.717) is 17.3 Å². The van der Waals surface area contributed by atoms with Gasteiger partial charge >= 0.3 is 6.03 Å². The molecular formula is C9H10N6O2. The first kappa shape index (κ1) is 10.9. The summed E-state index contributed by atoms with van der Waals surface area (Å²) in [5, 5.41) is 15.6. The Morgan fingerprint density at radius 1 is 1.53 bits per heavy atom. The molecule has 2 aromatic rings. The van der Waals surface area contributed by atoms with Crippen molar-refractivity contribution in [3.05, 3.63) is 30.1 Å². The van der Waals surface area contributed by atoms with E-state index in [1.807, 2.05) is 0 Å². The molecule has 2 rings (SSSR count). The number of urea groups is 1. The van der Waals surface area contributed by atoms with E-state index >= 15 is 0 Å². The fourth-order valence-corrected chi connectivity index (χ4v) is 1.20. The summed E-state index contributed by atoms with van der Waals surface area (Å²) in [5.74, 6) is 1.01. The Hall–Kier alpha value is -2.64. The molecule has 0 atom stereocenters. The molecule has 2 amide bonds. The molecule has 4 N–H and O–H groups in total. The number of nitrogens with zero attached hydrogens (tertiary/aromatic N) is 3. The van der Waals surface area contributed by atoms with Crippen LogP contribution in [0.15, 0.2) is 24.3 Å². The van der Waals surface area contributed by atoms with Crippen LogP contribution in [0.25, 0.3) is 0 Å². The maximum absolute atomic E-state index is 10.7. The van der Waals surface area contributed by atoms with Crippen LogP contribution in [0.2, 0.25) is 0 Å². The second-order valence-electron chi connectivity index (χ2n) is 3.13. The summed E-state index contributed by atoms with van der Waals surface area (Å²) in [6, 6.07) is 6.19. The fraction of sp³-hybridized carbons (Fsp3) is 0.111. The number of benzene rings is 1. The van der Waals surface area contributed by atoms with Crippen molar-refractivity contribution in [2.24, 2.45) is 5.73 Å². The van der Waals surface area contributed by atoms with E-state index in [1.54, 1.807) is 24.3 Å². The number of primary amides is 1. The molecule has 0 spiro atoms. The van der Waals surface area contributed by atoms with Crippen molar-refractivity contribution in [2.45, 2.75) is 6.61 Å². The Kier molecular flexibility index (Phi) is 3.15. The number of aromatic amines is 1. The SMILES string of the molecule is NC(=O)Nc1cccc(OCc2nn[nH]n2)c1. The molecule has 1 aromatic heterocycles. The van der Waals surface area contributed by atoms with E-state index in [4.69, 9.17) is 10.5 Å². The van der Waals surface area contributed by atoms with Crippen LogP contribution in [0.3, 0.4) is 0 Å². The minimum Gasteiger partial charge on any atom is -0.485 e. The third kappa shape index (κ3) is 3.16.